The number of piperidine rings is 2. The van der Waals surface area contributed by atoms with E-state index in [1.165, 1.54) is 29.7 Å². The summed E-state index contributed by atoms with van der Waals surface area (Å²) in [5, 5.41) is 2.20. The molecule has 0 unspecified atom stereocenters. The molecule has 4 aromatic rings. The van der Waals surface area contributed by atoms with Crippen LogP contribution in [-0.4, -0.2) is 66.7 Å². The van der Waals surface area contributed by atoms with Crippen molar-refractivity contribution in [2.24, 2.45) is 5.41 Å². The monoisotopic (exact) mass is 557 g/mol. The molecule has 2 fully saturated rings. The van der Waals surface area contributed by atoms with Gasteiger partial charge in [0.2, 0.25) is 0 Å². The van der Waals surface area contributed by atoms with E-state index in [0.717, 1.165) is 68.5 Å². The molecule has 0 radical (unpaired) electrons. The van der Waals surface area contributed by atoms with E-state index in [0.29, 0.717) is 13.1 Å². The zero-order chi connectivity index (χ0) is 27.4. The molecular weight excluding hydrogens is 518 g/mol. The number of nitrogens with one attached hydrogen (secondary N) is 2. The third kappa shape index (κ3) is 6.37. The average Bonchev–Trinajstić information content (AvgIpc) is 3.75. The maximum Gasteiger partial charge on any atom is 0.253 e. The Morgan fingerprint density at radius 2 is 1.65 bits per heavy atom. The second-order valence-corrected chi connectivity index (χ2v) is 12.5. The molecule has 0 atom stereocenters. The number of rotatable bonds is 9. The third-order valence-corrected chi connectivity index (χ3v) is 9.67. The van der Waals surface area contributed by atoms with Crippen LogP contribution < -0.4 is 0 Å². The molecule has 0 bridgehead atoms. The standard InChI is InChI=1S/C31H39N7OS/c1-24-7-18-40-27(24)20-36-16-9-31(10-17-36)8-2-15-38(23-31)30(39)26-5-3-25(4-6-26)19-37(21-28-32-11-12-33-28)22-29-34-13-14-35-29/h3-7,11-14,18H,2,8-10,15-17,19-23H2,1H3,(H,32,33)(H,34,35). The maximum absolute atomic E-state index is 13.6. The molecule has 0 aliphatic carbocycles. The number of aromatic nitrogens is 4. The number of thiophene rings is 1. The number of likely N-dealkylation sites (tertiary alicyclic amines) is 2. The quantitative estimate of drug-likeness (QED) is 0.295. The zero-order valence-corrected chi connectivity index (χ0v) is 24.1. The number of aryl methyl sites for hydroxylation is 1. The lowest BCUT2D eigenvalue weighted by Gasteiger charge is -2.47. The molecule has 210 valence electrons. The largest absolute Gasteiger partial charge is 0.348 e. The molecule has 2 aliphatic rings. The van der Waals surface area contributed by atoms with Gasteiger partial charge in [0.1, 0.15) is 11.6 Å². The number of carbonyl (C=O) groups is 1. The first-order chi connectivity index (χ1) is 19.6. The normalized spacial score (nSPS) is 17.6. The summed E-state index contributed by atoms with van der Waals surface area (Å²) in [5.74, 6) is 2.01. The van der Waals surface area contributed by atoms with E-state index in [1.807, 2.05) is 35.9 Å². The van der Waals surface area contributed by atoms with Crippen LogP contribution in [0.25, 0.3) is 0 Å². The summed E-state index contributed by atoms with van der Waals surface area (Å²) < 4.78 is 0. The lowest BCUT2D eigenvalue weighted by molar-refractivity contribution is 0.0199. The highest BCUT2D eigenvalue weighted by Crippen LogP contribution is 2.40. The van der Waals surface area contributed by atoms with Crippen LogP contribution in [0.5, 0.6) is 0 Å². The highest BCUT2D eigenvalue weighted by atomic mass is 32.1. The summed E-state index contributed by atoms with van der Waals surface area (Å²) in [6, 6.07) is 10.4. The van der Waals surface area contributed by atoms with Crippen LogP contribution in [0.3, 0.4) is 0 Å². The van der Waals surface area contributed by atoms with Crippen molar-refractivity contribution in [3.05, 3.63) is 93.7 Å². The predicted molar refractivity (Wildman–Crippen MR) is 158 cm³/mol. The number of amides is 1. The van der Waals surface area contributed by atoms with Crippen LogP contribution in [0.15, 0.2) is 60.5 Å². The molecular formula is C31H39N7OS. The molecule has 0 saturated carbocycles. The smallest absolute Gasteiger partial charge is 0.253 e. The van der Waals surface area contributed by atoms with E-state index < -0.39 is 0 Å². The lowest BCUT2D eigenvalue weighted by atomic mass is 9.72. The Kier molecular flexibility index (Phi) is 8.13. The van der Waals surface area contributed by atoms with Crippen molar-refractivity contribution in [2.75, 3.05) is 26.2 Å². The molecule has 8 nitrogen and oxygen atoms in total. The minimum absolute atomic E-state index is 0.172. The Labute approximate surface area is 240 Å². The number of carbonyl (C=O) groups excluding carboxylic acids is 1. The summed E-state index contributed by atoms with van der Waals surface area (Å²) in [7, 11) is 0. The summed E-state index contributed by atoms with van der Waals surface area (Å²) >= 11 is 1.87. The van der Waals surface area contributed by atoms with E-state index >= 15 is 0 Å². The Balaban J connectivity index is 1.06. The van der Waals surface area contributed by atoms with Crippen molar-refractivity contribution >= 4 is 17.2 Å². The van der Waals surface area contributed by atoms with Gasteiger partial charge in [-0.15, -0.1) is 11.3 Å². The molecule has 5 heterocycles. The molecule has 2 saturated heterocycles. The number of H-pyrrole nitrogens is 2. The second-order valence-electron chi connectivity index (χ2n) is 11.5. The zero-order valence-electron chi connectivity index (χ0n) is 23.3. The van der Waals surface area contributed by atoms with Gasteiger partial charge in [0, 0.05) is 61.4 Å². The van der Waals surface area contributed by atoms with Crippen molar-refractivity contribution in [2.45, 2.75) is 58.8 Å². The molecule has 3 aromatic heterocycles. The fourth-order valence-electron chi connectivity index (χ4n) is 6.30. The molecule has 2 aliphatic heterocycles. The van der Waals surface area contributed by atoms with Gasteiger partial charge in [-0.2, -0.15) is 0 Å². The van der Waals surface area contributed by atoms with Gasteiger partial charge in [0.15, 0.2) is 0 Å². The predicted octanol–water partition coefficient (Wildman–Crippen LogP) is 5.22. The van der Waals surface area contributed by atoms with Gasteiger partial charge in [-0.3, -0.25) is 14.6 Å². The minimum Gasteiger partial charge on any atom is -0.348 e. The summed E-state index contributed by atoms with van der Waals surface area (Å²) in [5.41, 5.74) is 3.63. The Morgan fingerprint density at radius 3 is 2.25 bits per heavy atom. The van der Waals surface area contributed by atoms with Crippen LogP contribution in [0, 0.1) is 12.3 Å². The molecule has 1 amide bonds. The lowest BCUT2D eigenvalue weighted by Crippen LogP contribution is -2.51. The molecule has 9 heteroatoms. The van der Waals surface area contributed by atoms with E-state index in [1.54, 1.807) is 12.4 Å². The molecule has 40 heavy (non-hydrogen) atoms. The first-order valence-corrected chi connectivity index (χ1v) is 15.3. The highest BCUT2D eigenvalue weighted by Gasteiger charge is 2.39. The van der Waals surface area contributed by atoms with Crippen LogP contribution in [0.4, 0.5) is 0 Å². The number of benzene rings is 1. The van der Waals surface area contributed by atoms with Crippen molar-refractivity contribution < 1.29 is 4.79 Å². The fourth-order valence-corrected chi connectivity index (χ4v) is 7.25. The molecule has 2 N–H and O–H groups in total. The van der Waals surface area contributed by atoms with Crippen LogP contribution >= 0.6 is 11.3 Å². The summed E-state index contributed by atoms with van der Waals surface area (Å²) in [6.45, 7) is 9.40. The summed E-state index contributed by atoms with van der Waals surface area (Å²) in [4.78, 5) is 37.3. The molecule has 1 aromatic carbocycles. The first-order valence-electron chi connectivity index (χ1n) is 14.4. The SMILES string of the molecule is Cc1ccsc1CN1CCC2(CCCN(C(=O)c3ccc(CN(Cc4ncc[nH]4)Cc4ncc[nH]4)cc3)C2)CC1. The van der Waals surface area contributed by atoms with Crippen LogP contribution in [-0.2, 0) is 26.2 Å². The number of imidazole rings is 2. The number of hydrogen-bond donors (Lipinski definition) is 2. The van der Waals surface area contributed by atoms with Gasteiger partial charge in [-0.25, -0.2) is 9.97 Å². The Hall–Kier alpha value is -3.27. The van der Waals surface area contributed by atoms with Gasteiger partial charge in [0.05, 0.1) is 13.1 Å². The molecule has 6 rings (SSSR count). The number of hydrogen-bond acceptors (Lipinski definition) is 6. The number of aromatic amines is 2. The van der Waals surface area contributed by atoms with Crippen molar-refractivity contribution in [3.8, 4) is 0 Å². The maximum atomic E-state index is 13.6. The van der Waals surface area contributed by atoms with E-state index in [4.69, 9.17) is 0 Å². The Morgan fingerprint density at radius 1 is 0.950 bits per heavy atom. The fraction of sp³-hybridized carbons (Fsp3) is 0.452. The Bertz CT molecular complexity index is 1320. The van der Waals surface area contributed by atoms with Crippen LogP contribution in [0.1, 0.15) is 63.7 Å². The van der Waals surface area contributed by atoms with Crippen molar-refractivity contribution in [1.82, 2.24) is 34.6 Å². The topological polar surface area (TPSA) is 84.2 Å². The van der Waals surface area contributed by atoms with Crippen molar-refractivity contribution in [1.29, 1.82) is 0 Å². The molecule has 1 spiro atoms. The number of nitrogens with zero attached hydrogens (tertiary/aromatic N) is 5. The summed E-state index contributed by atoms with van der Waals surface area (Å²) in [6.07, 6.45) is 12.0. The highest BCUT2D eigenvalue weighted by molar-refractivity contribution is 7.10. The van der Waals surface area contributed by atoms with Gasteiger partial charge in [-0.1, -0.05) is 12.1 Å². The van der Waals surface area contributed by atoms with E-state index in [2.05, 4.69) is 65.1 Å². The second kappa shape index (κ2) is 12.1. The van der Waals surface area contributed by atoms with Crippen molar-refractivity contribution in [3.63, 3.8) is 0 Å². The third-order valence-electron chi connectivity index (χ3n) is 8.66. The van der Waals surface area contributed by atoms with Gasteiger partial charge >= 0.3 is 0 Å². The first kappa shape index (κ1) is 26.9. The van der Waals surface area contributed by atoms with Gasteiger partial charge in [-0.05, 0) is 85.8 Å². The van der Waals surface area contributed by atoms with E-state index in [9.17, 15) is 4.79 Å². The van der Waals surface area contributed by atoms with Crippen LogP contribution in [0.2, 0.25) is 0 Å². The van der Waals surface area contributed by atoms with Gasteiger partial charge < -0.3 is 14.9 Å². The average molecular weight is 558 g/mol. The van der Waals surface area contributed by atoms with E-state index in [-0.39, 0.29) is 11.3 Å². The van der Waals surface area contributed by atoms with Gasteiger partial charge in [0.25, 0.3) is 5.91 Å². The minimum atomic E-state index is 0.172.